The number of rotatable bonds is 5. The molecule has 0 saturated heterocycles. The molecule has 0 unspecified atom stereocenters. The molecule has 6 nitrogen and oxygen atoms in total. The highest BCUT2D eigenvalue weighted by molar-refractivity contribution is 9.10. The van der Waals surface area contributed by atoms with Gasteiger partial charge in [0.1, 0.15) is 5.82 Å². The van der Waals surface area contributed by atoms with Crippen molar-refractivity contribution in [2.75, 3.05) is 25.3 Å². The molecule has 0 aliphatic heterocycles. The topological polar surface area (TPSA) is 82.3 Å². The van der Waals surface area contributed by atoms with Crippen molar-refractivity contribution >= 4 is 27.7 Å². The summed E-state index contributed by atoms with van der Waals surface area (Å²) >= 11 is 3.37. The highest BCUT2D eigenvalue weighted by Gasteiger charge is 2.06. The van der Waals surface area contributed by atoms with Crippen molar-refractivity contribution in [2.45, 2.75) is 6.54 Å². The highest BCUT2D eigenvalue weighted by atomic mass is 79.9. The Morgan fingerprint density at radius 2 is 2.00 bits per heavy atom. The molecule has 0 amide bonds. The first-order valence-electron chi connectivity index (χ1n) is 5.87. The molecular weight excluding hydrogens is 324 g/mol. The zero-order valence-electron chi connectivity index (χ0n) is 11.2. The smallest absolute Gasteiger partial charge is 0.221 e. The lowest BCUT2D eigenvalue weighted by molar-refractivity contribution is 0.354. The number of methoxy groups -OCH3 is 2. The Labute approximate surface area is 125 Å². The van der Waals surface area contributed by atoms with Gasteiger partial charge in [0.2, 0.25) is 5.95 Å². The first kappa shape index (κ1) is 14.4. The van der Waals surface area contributed by atoms with E-state index in [0.717, 1.165) is 10.0 Å². The van der Waals surface area contributed by atoms with Gasteiger partial charge < -0.3 is 20.5 Å². The third-order valence-electron chi connectivity index (χ3n) is 2.67. The van der Waals surface area contributed by atoms with Crippen molar-refractivity contribution in [3.05, 3.63) is 34.4 Å². The largest absolute Gasteiger partial charge is 0.493 e. The van der Waals surface area contributed by atoms with Gasteiger partial charge in [-0.3, -0.25) is 0 Å². The molecule has 0 saturated carbocycles. The predicted molar refractivity (Wildman–Crippen MR) is 81.0 cm³/mol. The Bertz CT molecular complexity index is 607. The number of nitrogens with two attached hydrogens (primary N) is 1. The summed E-state index contributed by atoms with van der Waals surface area (Å²) in [6.45, 7) is 0.579. The molecule has 0 atom stereocenters. The number of benzene rings is 1. The number of nitrogen functional groups attached to an aromatic ring is 1. The van der Waals surface area contributed by atoms with Crippen LogP contribution in [0.4, 0.5) is 11.8 Å². The monoisotopic (exact) mass is 338 g/mol. The van der Waals surface area contributed by atoms with Crippen LogP contribution in [0.3, 0.4) is 0 Å². The van der Waals surface area contributed by atoms with E-state index in [9.17, 15) is 0 Å². The number of aromatic nitrogens is 2. The molecule has 0 radical (unpaired) electrons. The summed E-state index contributed by atoms with van der Waals surface area (Å²) in [6.07, 6.45) is 1.61. The Morgan fingerprint density at radius 1 is 1.25 bits per heavy atom. The van der Waals surface area contributed by atoms with Gasteiger partial charge in [-0.15, -0.1) is 0 Å². The minimum atomic E-state index is 0.225. The van der Waals surface area contributed by atoms with Gasteiger partial charge in [-0.25, -0.2) is 4.98 Å². The van der Waals surface area contributed by atoms with E-state index >= 15 is 0 Å². The van der Waals surface area contributed by atoms with E-state index in [2.05, 4.69) is 31.2 Å². The summed E-state index contributed by atoms with van der Waals surface area (Å²) in [7, 11) is 3.22. The molecule has 0 aliphatic carbocycles. The van der Waals surface area contributed by atoms with E-state index in [0.29, 0.717) is 23.9 Å². The second kappa shape index (κ2) is 6.42. The molecule has 1 heterocycles. The fourth-order valence-corrected chi connectivity index (χ4v) is 2.01. The van der Waals surface area contributed by atoms with Crippen LogP contribution in [-0.4, -0.2) is 24.2 Å². The molecule has 0 bridgehead atoms. The minimum Gasteiger partial charge on any atom is -0.493 e. The van der Waals surface area contributed by atoms with Gasteiger partial charge in [0, 0.05) is 12.7 Å². The van der Waals surface area contributed by atoms with Crippen LogP contribution in [-0.2, 0) is 6.54 Å². The number of hydrogen-bond donors (Lipinski definition) is 2. The van der Waals surface area contributed by atoms with E-state index in [1.54, 1.807) is 20.4 Å². The van der Waals surface area contributed by atoms with Gasteiger partial charge in [0.05, 0.1) is 18.7 Å². The number of anilines is 2. The third-order valence-corrected chi connectivity index (χ3v) is 3.25. The minimum absolute atomic E-state index is 0.225. The normalized spacial score (nSPS) is 10.2. The van der Waals surface area contributed by atoms with Crippen LogP contribution in [0.5, 0.6) is 11.5 Å². The van der Waals surface area contributed by atoms with Gasteiger partial charge in [-0.1, -0.05) is 6.07 Å². The summed E-state index contributed by atoms with van der Waals surface area (Å²) in [5.74, 6) is 2.26. The van der Waals surface area contributed by atoms with Crippen LogP contribution in [0.15, 0.2) is 28.9 Å². The SMILES string of the molecule is COc1ccc(CNc2nc(N)ncc2Br)cc1OC. The molecule has 2 aromatic rings. The van der Waals surface area contributed by atoms with E-state index in [-0.39, 0.29) is 5.95 Å². The maximum Gasteiger partial charge on any atom is 0.221 e. The molecule has 0 aliphatic rings. The summed E-state index contributed by atoms with van der Waals surface area (Å²) in [4.78, 5) is 8.00. The van der Waals surface area contributed by atoms with Crippen molar-refractivity contribution in [1.82, 2.24) is 9.97 Å². The van der Waals surface area contributed by atoms with E-state index < -0.39 is 0 Å². The van der Waals surface area contributed by atoms with Gasteiger partial charge in [0.25, 0.3) is 0 Å². The molecule has 20 heavy (non-hydrogen) atoms. The Balaban J connectivity index is 2.12. The average Bonchev–Trinajstić information content (AvgIpc) is 2.47. The van der Waals surface area contributed by atoms with Crippen LogP contribution in [0, 0.1) is 0 Å². The van der Waals surface area contributed by atoms with Gasteiger partial charge >= 0.3 is 0 Å². The molecule has 1 aromatic heterocycles. The van der Waals surface area contributed by atoms with Crippen molar-refractivity contribution < 1.29 is 9.47 Å². The molecule has 1 aromatic carbocycles. The first-order chi connectivity index (χ1) is 9.63. The fourth-order valence-electron chi connectivity index (χ4n) is 1.68. The summed E-state index contributed by atoms with van der Waals surface area (Å²) in [5, 5.41) is 3.18. The Morgan fingerprint density at radius 3 is 2.70 bits per heavy atom. The number of ether oxygens (including phenoxy) is 2. The zero-order chi connectivity index (χ0) is 14.5. The summed E-state index contributed by atoms with van der Waals surface area (Å²) in [6, 6.07) is 5.72. The highest BCUT2D eigenvalue weighted by Crippen LogP contribution is 2.28. The third kappa shape index (κ3) is 3.30. The molecule has 106 valence electrons. The standard InChI is InChI=1S/C13H15BrN4O2/c1-19-10-4-3-8(5-11(10)20-2)6-16-12-9(14)7-17-13(15)18-12/h3-5,7H,6H2,1-2H3,(H3,15,16,17,18). The summed E-state index contributed by atoms with van der Waals surface area (Å²) in [5.41, 5.74) is 6.59. The summed E-state index contributed by atoms with van der Waals surface area (Å²) < 4.78 is 11.2. The molecular formula is C13H15BrN4O2. The zero-order valence-corrected chi connectivity index (χ0v) is 12.8. The number of nitrogens with zero attached hydrogens (tertiary/aromatic N) is 2. The second-order valence-corrected chi connectivity index (χ2v) is 4.82. The molecule has 7 heteroatoms. The number of halogens is 1. The molecule has 0 spiro atoms. The average molecular weight is 339 g/mol. The van der Waals surface area contributed by atoms with E-state index in [1.165, 1.54) is 0 Å². The van der Waals surface area contributed by atoms with Gasteiger partial charge in [-0.2, -0.15) is 4.98 Å². The number of nitrogens with one attached hydrogen (secondary N) is 1. The van der Waals surface area contributed by atoms with Crippen LogP contribution < -0.4 is 20.5 Å². The predicted octanol–water partition coefficient (Wildman–Crippen LogP) is 2.45. The first-order valence-corrected chi connectivity index (χ1v) is 6.66. The van der Waals surface area contributed by atoms with Crippen LogP contribution in [0.25, 0.3) is 0 Å². The van der Waals surface area contributed by atoms with Gasteiger partial charge in [0.15, 0.2) is 11.5 Å². The van der Waals surface area contributed by atoms with Crippen LogP contribution >= 0.6 is 15.9 Å². The number of hydrogen-bond acceptors (Lipinski definition) is 6. The van der Waals surface area contributed by atoms with Gasteiger partial charge in [-0.05, 0) is 33.6 Å². The van der Waals surface area contributed by atoms with Crippen molar-refractivity contribution in [2.24, 2.45) is 0 Å². The van der Waals surface area contributed by atoms with Crippen LogP contribution in [0.1, 0.15) is 5.56 Å². The quantitative estimate of drug-likeness (QED) is 0.871. The van der Waals surface area contributed by atoms with Crippen LogP contribution in [0.2, 0.25) is 0 Å². The van der Waals surface area contributed by atoms with E-state index in [4.69, 9.17) is 15.2 Å². The van der Waals surface area contributed by atoms with Crippen molar-refractivity contribution in [1.29, 1.82) is 0 Å². The van der Waals surface area contributed by atoms with Crippen molar-refractivity contribution in [3.8, 4) is 11.5 Å². The Kier molecular flexibility index (Phi) is 4.62. The lowest BCUT2D eigenvalue weighted by Gasteiger charge is -2.11. The lowest BCUT2D eigenvalue weighted by Crippen LogP contribution is -2.05. The Hall–Kier alpha value is -2.02. The molecule has 3 N–H and O–H groups in total. The maximum absolute atomic E-state index is 5.56. The lowest BCUT2D eigenvalue weighted by atomic mass is 10.2. The second-order valence-electron chi connectivity index (χ2n) is 3.97. The molecule has 0 fully saturated rings. The van der Waals surface area contributed by atoms with E-state index in [1.807, 2.05) is 18.2 Å². The van der Waals surface area contributed by atoms with Crippen molar-refractivity contribution in [3.63, 3.8) is 0 Å². The molecule has 2 rings (SSSR count). The fraction of sp³-hybridized carbons (Fsp3) is 0.231. The maximum atomic E-state index is 5.56.